The Morgan fingerprint density at radius 1 is 1.40 bits per heavy atom. The minimum absolute atomic E-state index is 0.0450. The zero-order chi connectivity index (χ0) is 14.1. The molecule has 1 aliphatic heterocycles. The fourth-order valence-corrected chi connectivity index (χ4v) is 3.38. The summed E-state index contributed by atoms with van der Waals surface area (Å²) in [5.41, 5.74) is 1.53. The Hall–Kier alpha value is -1.88. The topological polar surface area (TPSA) is 42.3 Å². The van der Waals surface area contributed by atoms with E-state index in [2.05, 4.69) is 11.4 Å². The highest BCUT2D eigenvalue weighted by molar-refractivity contribution is 7.07. The average molecular weight is 288 g/mol. The maximum absolute atomic E-state index is 12.6. The predicted molar refractivity (Wildman–Crippen MR) is 79.0 cm³/mol. The Morgan fingerprint density at radius 2 is 2.25 bits per heavy atom. The van der Waals surface area contributed by atoms with Crippen molar-refractivity contribution in [3.63, 3.8) is 0 Å². The van der Waals surface area contributed by atoms with Crippen molar-refractivity contribution in [2.24, 2.45) is 7.05 Å². The van der Waals surface area contributed by atoms with E-state index in [4.69, 9.17) is 0 Å². The van der Waals surface area contributed by atoms with Crippen molar-refractivity contribution < 1.29 is 4.79 Å². The predicted octanol–water partition coefficient (Wildman–Crippen LogP) is 2.42. The smallest absolute Gasteiger partial charge is 0.254 e. The molecule has 3 rings (SSSR count). The molecule has 0 bridgehead atoms. The number of hydrogen-bond acceptors (Lipinski definition) is 3. The Labute approximate surface area is 121 Å². The van der Waals surface area contributed by atoms with Gasteiger partial charge in [0.05, 0.1) is 6.04 Å². The van der Waals surface area contributed by atoms with Crippen molar-refractivity contribution in [1.82, 2.24) is 9.47 Å². The van der Waals surface area contributed by atoms with Gasteiger partial charge in [0, 0.05) is 31.4 Å². The lowest BCUT2D eigenvalue weighted by Crippen LogP contribution is -2.31. The number of pyridine rings is 1. The number of carbonyl (C=O) groups excluding carboxylic acids is 1. The van der Waals surface area contributed by atoms with Gasteiger partial charge in [-0.25, -0.2) is 0 Å². The van der Waals surface area contributed by atoms with Gasteiger partial charge in [-0.2, -0.15) is 11.3 Å². The van der Waals surface area contributed by atoms with Crippen molar-refractivity contribution in [3.8, 4) is 0 Å². The molecule has 0 saturated carbocycles. The lowest BCUT2D eigenvalue weighted by atomic mass is 10.1. The first-order valence-electron chi connectivity index (χ1n) is 6.66. The highest BCUT2D eigenvalue weighted by Crippen LogP contribution is 2.33. The van der Waals surface area contributed by atoms with Gasteiger partial charge in [-0.15, -0.1) is 0 Å². The molecule has 1 fully saturated rings. The van der Waals surface area contributed by atoms with Gasteiger partial charge in [0.25, 0.3) is 11.5 Å². The van der Waals surface area contributed by atoms with E-state index in [-0.39, 0.29) is 17.5 Å². The largest absolute Gasteiger partial charge is 0.332 e. The molecule has 0 radical (unpaired) electrons. The molecule has 4 nitrogen and oxygen atoms in total. The molecule has 5 heteroatoms. The van der Waals surface area contributed by atoms with E-state index in [1.54, 1.807) is 30.6 Å². The van der Waals surface area contributed by atoms with Crippen molar-refractivity contribution in [2.45, 2.75) is 18.9 Å². The normalized spacial score (nSPS) is 18.4. The molecule has 0 N–H and O–H groups in total. The highest BCUT2D eigenvalue weighted by Gasteiger charge is 2.30. The van der Waals surface area contributed by atoms with Gasteiger partial charge in [-0.1, -0.05) is 0 Å². The van der Waals surface area contributed by atoms with Gasteiger partial charge >= 0.3 is 0 Å². The Kier molecular flexibility index (Phi) is 3.44. The van der Waals surface area contributed by atoms with Crippen molar-refractivity contribution in [1.29, 1.82) is 0 Å². The number of hydrogen-bond donors (Lipinski definition) is 0. The summed E-state index contributed by atoms with van der Waals surface area (Å²) in [6.07, 6.45) is 3.65. The first-order chi connectivity index (χ1) is 9.66. The van der Waals surface area contributed by atoms with Crippen LogP contribution in [0.4, 0.5) is 0 Å². The highest BCUT2D eigenvalue weighted by atomic mass is 32.1. The molecular weight excluding hydrogens is 272 g/mol. The van der Waals surface area contributed by atoms with Gasteiger partial charge in [0.2, 0.25) is 0 Å². The van der Waals surface area contributed by atoms with Crippen LogP contribution < -0.4 is 5.56 Å². The van der Waals surface area contributed by atoms with E-state index < -0.39 is 0 Å². The average Bonchev–Trinajstić information content (AvgIpc) is 3.10. The molecule has 1 atom stereocenters. The lowest BCUT2D eigenvalue weighted by Gasteiger charge is -2.24. The number of likely N-dealkylation sites (tertiary alicyclic amines) is 1. The summed E-state index contributed by atoms with van der Waals surface area (Å²) < 4.78 is 1.47. The third kappa shape index (κ3) is 2.29. The Morgan fingerprint density at radius 3 is 2.95 bits per heavy atom. The fraction of sp³-hybridized carbons (Fsp3) is 0.333. The number of rotatable bonds is 2. The van der Waals surface area contributed by atoms with E-state index >= 15 is 0 Å². The number of amides is 1. The van der Waals surface area contributed by atoms with Gasteiger partial charge in [0.1, 0.15) is 0 Å². The second kappa shape index (κ2) is 5.25. The third-order valence-corrected chi connectivity index (χ3v) is 4.49. The summed E-state index contributed by atoms with van der Waals surface area (Å²) in [7, 11) is 1.68. The molecule has 3 heterocycles. The minimum atomic E-state index is -0.151. The summed E-state index contributed by atoms with van der Waals surface area (Å²) in [6.45, 7) is 0.758. The van der Waals surface area contributed by atoms with Crippen LogP contribution in [0.15, 0.2) is 40.0 Å². The van der Waals surface area contributed by atoms with E-state index in [1.165, 1.54) is 16.2 Å². The van der Waals surface area contributed by atoms with E-state index in [1.807, 2.05) is 10.3 Å². The molecule has 0 unspecified atom stereocenters. The van der Waals surface area contributed by atoms with Crippen LogP contribution in [0.1, 0.15) is 34.8 Å². The number of carbonyl (C=O) groups is 1. The molecule has 2 aromatic rings. The minimum Gasteiger partial charge on any atom is -0.332 e. The van der Waals surface area contributed by atoms with Crippen molar-refractivity contribution in [2.75, 3.05) is 6.54 Å². The van der Waals surface area contributed by atoms with Gasteiger partial charge in [-0.05, 0) is 41.3 Å². The Bertz CT molecular complexity index is 675. The van der Waals surface area contributed by atoms with Crippen LogP contribution in [0, 0.1) is 0 Å². The molecule has 1 saturated heterocycles. The molecule has 0 aromatic carbocycles. The molecular formula is C15H16N2O2S. The van der Waals surface area contributed by atoms with E-state index in [9.17, 15) is 9.59 Å². The number of aryl methyl sites for hydroxylation is 1. The summed E-state index contributed by atoms with van der Waals surface area (Å²) in [6, 6.07) is 5.36. The molecule has 0 aliphatic carbocycles. The molecule has 2 aromatic heterocycles. The lowest BCUT2D eigenvalue weighted by molar-refractivity contribution is 0.0735. The quantitative estimate of drug-likeness (QED) is 0.851. The monoisotopic (exact) mass is 288 g/mol. The second-order valence-corrected chi connectivity index (χ2v) is 5.86. The van der Waals surface area contributed by atoms with Crippen LogP contribution in [-0.4, -0.2) is 21.9 Å². The number of nitrogens with zero attached hydrogens (tertiary/aromatic N) is 2. The summed E-state index contributed by atoms with van der Waals surface area (Å²) >= 11 is 1.65. The standard InChI is InChI=1S/C15H16N2O2S/c1-16-7-4-11(9-14(16)18)15(19)17-6-2-3-13(17)12-5-8-20-10-12/h4-5,7-10,13H,2-3,6H2,1H3/t13-/m1/s1. The van der Waals surface area contributed by atoms with Crippen molar-refractivity contribution in [3.05, 3.63) is 56.6 Å². The summed E-state index contributed by atoms with van der Waals surface area (Å²) in [4.78, 5) is 26.1. The van der Waals surface area contributed by atoms with Crippen LogP contribution in [0.2, 0.25) is 0 Å². The molecule has 1 aliphatic rings. The molecule has 104 valence electrons. The zero-order valence-electron chi connectivity index (χ0n) is 11.3. The van der Waals surface area contributed by atoms with Crippen LogP contribution in [0.5, 0.6) is 0 Å². The van der Waals surface area contributed by atoms with E-state index in [0.29, 0.717) is 5.56 Å². The SMILES string of the molecule is Cn1ccc(C(=O)N2CCC[C@@H]2c2ccsc2)cc1=O. The Balaban J connectivity index is 1.89. The van der Waals surface area contributed by atoms with Crippen LogP contribution in [0.25, 0.3) is 0 Å². The number of aromatic nitrogens is 1. The molecule has 20 heavy (non-hydrogen) atoms. The van der Waals surface area contributed by atoms with Crippen LogP contribution in [-0.2, 0) is 7.05 Å². The van der Waals surface area contributed by atoms with Gasteiger partial charge in [0.15, 0.2) is 0 Å². The first kappa shape index (κ1) is 13.1. The first-order valence-corrected chi connectivity index (χ1v) is 7.61. The third-order valence-electron chi connectivity index (χ3n) is 3.79. The second-order valence-electron chi connectivity index (χ2n) is 5.08. The molecule has 1 amide bonds. The van der Waals surface area contributed by atoms with Gasteiger partial charge in [-0.3, -0.25) is 9.59 Å². The van der Waals surface area contributed by atoms with Crippen LogP contribution >= 0.6 is 11.3 Å². The van der Waals surface area contributed by atoms with Gasteiger partial charge < -0.3 is 9.47 Å². The maximum Gasteiger partial charge on any atom is 0.254 e. The van der Waals surface area contributed by atoms with E-state index in [0.717, 1.165) is 19.4 Å². The van der Waals surface area contributed by atoms with Crippen molar-refractivity contribution >= 4 is 17.2 Å². The van der Waals surface area contributed by atoms with Crippen LogP contribution in [0.3, 0.4) is 0 Å². The number of thiophene rings is 1. The maximum atomic E-state index is 12.6. The molecule has 0 spiro atoms. The fourth-order valence-electron chi connectivity index (χ4n) is 2.67. The summed E-state index contributed by atoms with van der Waals surface area (Å²) in [5.74, 6) is -0.0450. The summed E-state index contributed by atoms with van der Waals surface area (Å²) in [5, 5.41) is 4.13. The zero-order valence-corrected chi connectivity index (χ0v) is 12.1.